The van der Waals surface area contributed by atoms with Crippen molar-refractivity contribution in [1.29, 1.82) is 0 Å². The number of pyridine rings is 1. The zero-order valence-electron chi connectivity index (χ0n) is 20.6. The van der Waals surface area contributed by atoms with Crippen LogP contribution >= 0.6 is 11.3 Å². The van der Waals surface area contributed by atoms with E-state index in [-0.39, 0.29) is 11.6 Å². The van der Waals surface area contributed by atoms with Gasteiger partial charge in [0.2, 0.25) is 0 Å². The van der Waals surface area contributed by atoms with E-state index in [2.05, 4.69) is 66.7 Å². The molecule has 1 saturated carbocycles. The summed E-state index contributed by atoms with van der Waals surface area (Å²) in [5.41, 5.74) is 2.75. The molecule has 0 radical (unpaired) electrons. The molecule has 1 aromatic carbocycles. The minimum absolute atomic E-state index is 0.0231. The summed E-state index contributed by atoms with van der Waals surface area (Å²) in [6.45, 7) is 5.53. The van der Waals surface area contributed by atoms with E-state index in [4.69, 9.17) is 0 Å². The van der Waals surface area contributed by atoms with Crippen molar-refractivity contribution in [2.75, 3.05) is 0 Å². The monoisotopic (exact) mass is 490 g/mol. The van der Waals surface area contributed by atoms with Crippen LogP contribution in [0.4, 0.5) is 0 Å². The van der Waals surface area contributed by atoms with Gasteiger partial charge in [0.15, 0.2) is 5.82 Å². The number of hydrogen-bond donors (Lipinski definition) is 1. The van der Waals surface area contributed by atoms with E-state index >= 15 is 0 Å². The maximum absolute atomic E-state index is 13.2. The van der Waals surface area contributed by atoms with Gasteiger partial charge in [-0.05, 0) is 65.1 Å². The standard InChI is InChI=1S/C27H34N6OS/c1-3-9-24(26-29-30-31-33(26)22-12-5-4-6-13-22)32(18-23-14-8-15-35-23)17-21-16-20-11-7-10-19(2)25(20)28-27(21)34/h7-8,10-11,14-16,22,24H,3-6,9,12-13,17-18H2,1-2H3,(H,28,34)/t24-/m1/s1. The number of fused-ring (bicyclic) bond motifs is 1. The number of rotatable bonds is 9. The summed E-state index contributed by atoms with van der Waals surface area (Å²) < 4.78 is 2.09. The highest BCUT2D eigenvalue weighted by molar-refractivity contribution is 7.09. The van der Waals surface area contributed by atoms with Crippen molar-refractivity contribution in [2.45, 2.75) is 84.0 Å². The van der Waals surface area contributed by atoms with E-state index < -0.39 is 0 Å². The van der Waals surface area contributed by atoms with Gasteiger partial charge >= 0.3 is 0 Å². The van der Waals surface area contributed by atoms with Crippen molar-refractivity contribution in [3.63, 3.8) is 0 Å². The average molecular weight is 491 g/mol. The summed E-state index contributed by atoms with van der Waals surface area (Å²) >= 11 is 1.75. The second-order valence-corrected chi connectivity index (χ2v) is 10.8. The first kappa shape index (κ1) is 23.9. The van der Waals surface area contributed by atoms with Crippen LogP contribution in [0.1, 0.15) is 85.8 Å². The Labute approximate surface area is 210 Å². The molecule has 0 unspecified atom stereocenters. The molecule has 184 valence electrons. The number of nitrogens with zero attached hydrogens (tertiary/aromatic N) is 5. The molecule has 0 bridgehead atoms. The maximum Gasteiger partial charge on any atom is 0.252 e. The second-order valence-electron chi connectivity index (χ2n) is 9.73. The maximum atomic E-state index is 13.2. The van der Waals surface area contributed by atoms with Crippen LogP contribution in [0.25, 0.3) is 10.9 Å². The van der Waals surface area contributed by atoms with E-state index in [0.29, 0.717) is 12.6 Å². The minimum atomic E-state index is -0.0231. The Morgan fingerprint density at radius 1 is 1.17 bits per heavy atom. The van der Waals surface area contributed by atoms with Crippen LogP contribution in [-0.2, 0) is 13.1 Å². The molecular weight excluding hydrogens is 456 g/mol. The molecule has 35 heavy (non-hydrogen) atoms. The molecule has 0 spiro atoms. The topological polar surface area (TPSA) is 79.7 Å². The average Bonchev–Trinajstić information content (AvgIpc) is 3.56. The number of H-pyrrole nitrogens is 1. The predicted molar refractivity (Wildman–Crippen MR) is 140 cm³/mol. The van der Waals surface area contributed by atoms with Crippen molar-refractivity contribution in [3.05, 3.63) is 74.0 Å². The first-order chi connectivity index (χ1) is 17.1. The van der Waals surface area contributed by atoms with Gasteiger partial charge < -0.3 is 4.98 Å². The van der Waals surface area contributed by atoms with E-state index in [1.165, 1.54) is 24.1 Å². The third kappa shape index (κ3) is 5.23. The van der Waals surface area contributed by atoms with Gasteiger partial charge in [-0.2, -0.15) is 0 Å². The number of tetrazole rings is 1. The number of para-hydroxylation sites is 1. The zero-order chi connectivity index (χ0) is 24.2. The van der Waals surface area contributed by atoms with Crippen LogP contribution in [0.5, 0.6) is 0 Å². The lowest BCUT2D eigenvalue weighted by Crippen LogP contribution is -2.33. The molecule has 0 amide bonds. The molecule has 8 heteroatoms. The number of benzene rings is 1. The number of hydrogen-bond acceptors (Lipinski definition) is 6. The summed E-state index contributed by atoms with van der Waals surface area (Å²) in [6, 6.07) is 12.8. The minimum Gasteiger partial charge on any atom is -0.321 e. The van der Waals surface area contributed by atoms with Gasteiger partial charge in [0, 0.05) is 23.5 Å². The van der Waals surface area contributed by atoms with Crippen molar-refractivity contribution in [3.8, 4) is 0 Å². The second kappa shape index (κ2) is 10.8. The lowest BCUT2D eigenvalue weighted by molar-refractivity contribution is 0.151. The summed E-state index contributed by atoms with van der Waals surface area (Å²) in [4.78, 5) is 20.0. The first-order valence-corrected chi connectivity index (χ1v) is 13.7. The molecule has 3 heterocycles. The Morgan fingerprint density at radius 3 is 2.80 bits per heavy atom. The largest absolute Gasteiger partial charge is 0.321 e. The van der Waals surface area contributed by atoms with E-state index in [0.717, 1.165) is 60.1 Å². The third-order valence-electron chi connectivity index (χ3n) is 7.22. The van der Waals surface area contributed by atoms with Crippen molar-refractivity contribution >= 4 is 22.2 Å². The summed E-state index contributed by atoms with van der Waals surface area (Å²) in [7, 11) is 0. The molecule has 3 aromatic heterocycles. The number of nitrogens with one attached hydrogen (secondary N) is 1. The molecule has 1 atom stereocenters. The molecule has 0 aliphatic heterocycles. The molecule has 1 N–H and O–H groups in total. The Bertz CT molecular complexity index is 1300. The van der Waals surface area contributed by atoms with Crippen LogP contribution in [0.3, 0.4) is 0 Å². The number of aromatic nitrogens is 5. The lowest BCUT2D eigenvalue weighted by Gasteiger charge is -2.32. The van der Waals surface area contributed by atoms with Gasteiger partial charge in [-0.15, -0.1) is 16.4 Å². The summed E-state index contributed by atoms with van der Waals surface area (Å²) in [6.07, 6.45) is 7.96. The normalized spacial score (nSPS) is 15.7. The fourth-order valence-corrected chi connectivity index (χ4v) is 6.13. The van der Waals surface area contributed by atoms with Crippen LogP contribution in [-0.4, -0.2) is 30.1 Å². The van der Waals surface area contributed by atoms with Gasteiger partial charge in [0.25, 0.3) is 5.56 Å². The highest BCUT2D eigenvalue weighted by atomic mass is 32.1. The van der Waals surface area contributed by atoms with Crippen molar-refractivity contribution in [1.82, 2.24) is 30.1 Å². The fraction of sp³-hybridized carbons (Fsp3) is 0.481. The zero-order valence-corrected chi connectivity index (χ0v) is 21.4. The molecule has 1 aliphatic carbocycles. The van der Waals surface area contributed by atoms with E-state index in [1.807, 2.05) is 19.1 Å². The van der Waals surface area contributed by atoms with Gasteiger partial charge in [-0.25, -0.2) is 4.68 Å². The van der Waals surface area contributed by atoms with Gasteiger partial charge in [-0.1, -0.05) is 56.9 Å². The Hall–Kier alpha value is -2.84. The summed E-state index contributed by atoms with van der Waals surface area (Å²) in [5, 5.41) is 16.3. The number of thiophene rings is 1. The highest BCUT2D eigenvalue weighted by Gasteiger charge is 2.30. The molecule has 4 aromatic rings. The molecule has 7 nitrogen and oxygen atoms in total. The van der Waals surface area contributed by atoms with Crippen LogP contribution in [0.15, 0.2) is 46.6 Å². The molecule has 1 aliphatic rings. The molecule has 0 saturated heterocycles. The highest BCUT2D eigenvalue weighted by Crippen LogP contribution is 2.33. The van der Waals surface area contributed by atoms with Gasteiger partial charge in [-0.3, -0.25) is 9.69 Å². The van der Waals surface area contributed by atoms with Crippen molar-refractivity contribution < 1.29 is 0 Å². The van der Waals surface area contributed by atoms with Gasteiger partial charge in [0.1, 0.15) is 0 Å². The van der Waals surface area contributed by atoms with Gasteiger partial charge in [0.05, 0.1) is 17.6 Å². The summed E-state index contributed by atoms with van der Waals surface area (Å²) in [5.74, 6) is 0.934. The SMILES string of the molecule is CCC[C@H](c1nnnn1C1CCCCC1)N(Cc1cccs1)Cc1cc2cccc(C)c2[nH]c1=O. The Morgan fingerprint density at radius 2 is 2.03 bits per heavy atom. The molecule has 1 fully saturated rings. The Kier molecular flexibility index (Phi) is 7.39. The van der Waals surface area contributed by atoms with Crippen LogP contribution in [0.2, 0.25) is 0 Å². The predicted octanol–water partition coefficient (Wildman–Crippen LogP) is 5.93. The smallest absolute Gasteiger partial charge is 0.252 e. The van der Waals surface area contributed by atoms with E-state index in [9.17, 15) is 4.79 Å². The van der Waals surface area contributed by atoms with E-state index in [1.54, 1.807) is 11.3 Å². The number of aryl methyl sites for hydroxylation is 1. The first-order valence-electron chi connectivity index (χ1n) is 12.8. The molecular formula is C27H34N6OS. The lowest BCUT2D eigenvalue weighted by atomic mass is 9.95. The third-order valence-corrected chi connectivity index (χ3v) is 8.08. The van der Waals surface area contributed by atoms with Crippen LogP contribution in [0, 0.1) is 6.92 Å². The molecule has 5 rings (SSSR count). The fourth-order valence-electron chi connectivity index (χ4n) is 5.40. The number of aromatic amines is 1. The van der Waals surface area contributed by atoms with Crippen molar-refractivity contribution in [2.24, 2.45) is 0 Å². The Balaban J connectivity index is 1.53. The van der Waals surface area contributed by atoms with Crippen LogP contribution < -0.4 is 5.56 Å². The quantitative estimate of drug-likeness (QED) is 0.314.